The molecule has 0 rings (SSSR count). The molecule has 0 spiro atoms. The molecule has 0 aliphatic rings. The first-order chi connectivity index (χ1) is 14.6. The number of hydrogen-bond donors (Lipinski definition) is 0. The van der Waals surface area contributed by atoms with Gasteiger partial charge in [-0.05, 0) is 40.5 Å². The van der Waals surface area contributed by atoms with Gasteiger partial charge < -0.3 is 18.3 Å². The molecule has 0 aromatic carbocycles. The molecule has 186 valence electrons. The molecular formula is C23H50O6Si2. The van der Waals surface area contributed by atoms with Gasteiger partial charge in [-0.1, -0.05) is 59.8 Å². The van der Waals surface area contributed by atoms with Gasteiger partial charge in [-0.25, -0.2) is 0 Å². The fourth-order valence-electron chi connectivity index (χ4n) is 2.32. The minimum Gasteiger partial charge on any atom is -0.466 e. The van der Waals surface area contributed by atoms with Crippen LogP contribution < -0.4 is 0 Å². The molecule has 0 saturated heterocycles. The average Bonchev–Trinajstić information content (AvgIpc) is 2.73. The summed E-state index contributed by atoms with van der Waals surface area (Å²) in [7, 11) is -1.55. The summed E-state index contributed by atoms with van der Waals surface area (Å²) in [6.45, 7) is 17.2. The van der Waals surface area contributed by atoms with Crippen molar-refractivity contribution in [2.75, 3.05) is 13.2 Å². The number of esters is 2. The van der Waals surface area contributed by atoms with Crippen molar-refractivity contribution in [3.8, 4) is 0 Å². The van der Waals surface area contributed by atoms with Crippen molar-refractivity contribution >= 4 is 31.5 Å². The van der Waals surface area contributed by atoms with Crippen LogP contribution in [0.1, 0.15) is 100 Å². The second-order valence-corrected chi connectivity index (χ2v) is 12.5. The number of ether oxygens (including phenoxy) is 2. The zero-order valence-electron chi connectivity index (χ0n) is 21.5. The van der Waals surface area contributed by atoms with E-state index in [0.717, 1.165) is 32.1 Å². The summed E-state index contributed by atoms with van der Waals surface area (Å²) >= 11 is 0. The summed E-state index contributed by atoms with van der Waals surface area (Å²) in [5, 5.41) is 0. The molecule has 0 aliphatic heterocycles. The van der Waals surface area contributed by atoms with Crippen LogP contribution in [0.5, 0.6) is 0 Å². The van der Waals surface area contributed by atoms with E-state index in [1.165, 1.54) is 12.8 Å². The van der Waals surface area contributed by atoms with Gasteiger partial charge in [0, 0.05) is 12.2 Å². The normalized spacial score (nSPS) is 13.6. The molecule has 0 amide bonds. The van der Waals surface area contributed by atoms with E-state index in [1.54, 1.807) is 0 Å². The van der Waals surface area contributed by atoms with Crippen LogP contribution in [0.15, 0.2) is 0 Å². The van der Waals surface area contributed by atoms with Gasteiger partial charge in [0.2, 0.25) is 0 Å². The number of carbonyl (C=O) groups is 2. The molecular weight excluding hydrogens is 428 g/mol. The maximum absolute atomic E-state index is 11.5. The van der Waals surface area contributed by atoms with E-state index in [0.29, 0.717) is 13.2 Å². The number of unbranched alkanes of at least 4 members (excludes halogenated alkanes) is 5. The van der Waals surface area contributed by atoms with E-state index in [1.807, 2.05) is 41.5 Å². The van der Waals surface area contributed by atoms with E-state index < -0.39 is 19.5 Å². The Morgan fingerprint density at radius 3 is 1.32 bits per heavy atom. The average molecular weight is 479 g/mol. The van der Waals surface area contributed by atoms with Gasteiger partial charge in [-0.3, -0.25) is 9.59 Å². The first-order valence-electron chi connectivity index (χ1n) is 12.2. The lowest BCUT2D eigenvalue weighted by Gasteiger charge is -2.13. The standard InChI is InChI=1S/C12H26O3Si.C11H24O3Si/c1-5-6-7-8-9-14-12(13)11(4)16-15-10(2)3;1-5-6-7-8-13-11(12)10(4)15-14-9(2)3/h10-11H,5-9,16H2,1-4H3;9-10H,5-8,15H2,1-4H3. The first-order valence-corrected chi connectivity index (χ1v) is 15.0. The molecule has 0 heterocycles. The van der Waals surface area contributed by atoms with Crippen molar-refractivity contribution in [2.45, 2.75) is 124 Å². The highest BCUT2D eigenvalue weighted by molar-refractivity contribution is 6.37. The van der Waals surface area contributed by atoms with E-state index >= 15 is 0 Å². The summed E-state index contributed by atoms with van der Waals surface area (Å²) in [6.07, 6.45) is 8.27. The lowest BCUT2D eigenvalue weighted by Crippen LogP contribution is -2.20. The third-order valence-electron chi connectivity index (χ3n) is 4.40. The fraction of sp³-hybridized carbons (Fsp3) is 0.913. The molecule has 0 fully saturated rings. The highest BCUT2D eigenvalue weighted by Crippen LogP contribution is 2.08. The fourth-order valence-corrected chi connectivity index (χ4v) is 4.18. The predicted octanol–water partition coefficient (Wildman–Crippen LogP) is 4.46. The number of hydrogen-bond acceptors (Lipinski definition) is 6. The van der Waals surface area contributed by atoms with Crippen LogP contribution in [-0.4, -0.2) is 56.9 Å². The van der Waals surface area contributed by atoms with Crippen molar-refractivity contribution in [1.29, 1.82) is 0 Å². The van der Waals surface area contributed by atoms with Crippen LogP contribution in [0.25, 0.3) is 0 Å². The molecule has 0 bridgehead atoms. The van der Waals surface area contributed by atoms with E-state index in [4.69, 9.17) is 18.3 Å². The van der Waals surface area contributed by atoms with Gasteiger partial charge in [-0.15, -0.1) is 0 Å². The monoisotopic (exact) mass is 478 g/mol. The Balaban J connectivity index is 0. The summed E-state index contributed by atoms with van der Waals surface area (Å²) in [4.78, 5) is 23.0. The van der Waals surface area contributed by atoms with Crippen LogP contribution >= 0.6 is 0 Å². The van der Waals surface area contributed by atoms with Crippen molar-refractivity contribution in [3.05, 3.63) is 0 Å². The zero-order valence-corrected chi connectivity index (χ0v) is 24.4. The largest absolute Gasteiger partial charge is 0.466 e. The Hall–Kier alpha value is -0.706. The van der Waals surface area contributed by atoms with Gasteiger partial charge in [0.15, 0.2) is 19.5 Å². The van der Waals surface area contributed by atoms with E-state index in [-0.39, 0.29) is 35.2 Å². The smallest absolute Gasteiger partial charge is 0.307 e. The Bertz CT molecular complexity index is 432. The molecule has 0 radical (unpaired) electrons. The second kappa shape index (κ2) is 22.5. The highest BCUT2D eigenvalue weighted by atomic mass is 28.2. The minimum absolute atomic E-state index is 0.0194. The lowest BCUT2D eigenvalue weighted by atomic mass is 10.2. The summed E-state index contributed by atoms with van der Waals surface area (Å²) in [6, 6.07) is 0. The quantitative estimate of drug-likeness (QED) is 0.175. The van der Waals surface area contributed by atoms with Gasteiger partial charge in [0.05, 0.1) is 24.3 Å². The Kier molecular flexibility index (Phi) is 23.6. The zero-order chi connectivity index (χ0) is 24.1. The minimum atomic E-state index is -0.778. The molecule has 0 N–H and O–H groups in total. The molecule has 31 heavy (non-hydrogen) atoms. The van der Waals surface area contributed by atoms with Gasteiger partial charge in [0.1, 0.15) is 0 Å². The van der Waals surface area contributed by atoms with Crippen molar-refractivity contribution in [1.82, 2.24) is 0 Å². The third-order valence-corrected chi connectivity index (χ3v) is 7.78. The third kappa shape index (κ3) is 23.8. The van der Waals surface area contributed by atoms with Crippen LogP contribution in [0.4, 0.5) is 0 Å². The van der Waals surface area contributed by atoms with E-state index in [9.17, 15) is 9.59 Å². The lowest BCUT2D eigenvalue weighted by molar-refractivity contribution is -0.144. The Morgan fingerprint density at radius 1 is 0.613 bits per heavy atom. The number of carbonyl (C=O) groups excluding carboxylic acids is 2. The molecule has 0 aliphatic carbocycles. The van der Waals surface area contributed by atoms with Crippen LogP contribution in [0, 0.1) is 0 Å². The highest BCUT2D eigenvalue weighted by Gasteiger charge is 2.16. The maximum atomic E-state index is 11.5. The maximum Gasteiger partial charge on any atom is 0.307 e. The molecule has 2 atom stereocenters. The predicted molar refractivity (Wildman–Crippen MR) is 134 cm³/mol. The molecule has 0 saturated carbocycles. The Labute approximate surface area is 196 Å². The molecule has 2 unspecified atom stereocenters. The van der Waals surface area contributed by atoms with Gasteiger partial charge in [-0.2, -0.15) is 0 Å². The topological polar surface area (TPSA) is 71.1 Å². The van der Waals surface area contributed by atoms with Gasteiger partial charge >= 0.3 is 11.9 Å². The summed E-state index contributed by atoms with van der Waals surface area (Å²) < 4.78 is 21.4. The SMILES string of the molecule is CCCCCCOC(=O)C(C)[SiH2]OC(C)C.CCCCCOC(=O)C(C)[SiH2]OC(C)C. The molecule has 0 aromatic heterocycles. The molecule has 8 heteroatoms. The summed E-state index contributed by atoms with van der Waals surface area (Å²) in [5.41, 5.74) is -0.0393. The Morgan fingerprint density at radius 2 is 0.968 bits per heavy atom. The summed E-state index contributed by atoms with van der Waals surface area (Å²) in [5.74, 6) is -0.165. The van der Waals surface area contributed by atoms with Crippen molar-refractivity contribution < 1.29 is 27.9 Å². The van der Waals surface area contributed by atoms with E-state index in [2.05, 4.69) is 13.8 Å². The van der Waals surface area contributed by atoms with Crippen molar-refractivity contribution in [2.24, 2.45) is 0 Å². The van der Waals surface area contributed by atoms with Crippen LogP contribution in [0.3, 0.4) is 0 Å². The molecule has 6 nitrogen and oxygen atoms in total. The van der Waals surface area contributed by atoms with Gasteiger partial charge in [0.25, 0.3) is 0 Å². The van der Waals surface area contributed by atoms with Crippen LogP contribution in [-0.2, 0) is 27.9 Å². The van der Waals surface area contributed by atoms with Crippen LogP contribution in [0.2, 0.25) is 11.1 Å². The first kappa shape index (κ1) is 32.5. The number of rotatable bonds is 17. The molecule has 0 aromatic rings. The second-order valence-electron chi connectivity index (χ2n) is 8.67. The van der Waals surface area contributed by atoms with Crippen molar-refractivity contribution in [3.63, 3.8) is 0 Å².